The lowest BCUT2D eigenvalue weighted by Gasteiger charge is -2.32. The summed E-state index contributed by atoms with van der Waals surface area (Å²) < 4.78 is 32.6. The van der Waals surface area contributed by atoms with Gasteiger partial charge >= 0.3 is 0 Å². The maximum absolute atomic E-state index is 12.8. The van der Waals surface area contributed by atoms with Crippen LogP contribution in [0, 0.1) is 5.92 Å². The summed E-state index contributed by atoms with van der Waals surface area (Å²) in [5, 5.41) is 2.94. The summed E-state index contributed by atoms with van der Waals surface area (Å²) in [5.41, 5.74) is 0. The third-order valence-electron chi connectivity index (χ3n) is 5.19. The second-order valence-corrected chi connectivity index (χ2v) is 9.10. The van der Waals surface area contributed by atoms with Crippen LogP contribution in [0.5, 0.6) is 0 Å². The van der Waals surface area contributed by atoms with Crippen molar-refractivity contribution in [2.24, 2.45) is 5.92 Å². The standard InChI is InChI=1S/C19H28N2O4S/c22-19(20-14-17-7-5-13-25-17)11-10-16-6-4-12-21(15-16)26(23,24)18-8-2-1-3-9-18/h1-3,8-9,16-17H,4-7,10-15H2,(H,20,22)/t16-,17-/m1/s1. The minimum atomic E-state index is -3.44. The average Bonchev–Trinajstić information content (AvgIpc) is 3.19. The van der Waals surface area contributed by atoms with Gasteiger partial charge in [-0.3, -0.25) is 4.79 Å². The van der Waals surface area contributed by atoms with Crippen LogP contribution in [0.3, 0.4) is 0 Å². The topological polar surface area (TPSA) is 75.7 Å². The zero-order valence-electron chi connectivity index (χ0n) is 15.1. The van der Waals surface area contributed by atoms with E-state index < -0.39 is 10.0 Å². The molecule has 144 valence electrons. The van der Waals surface area contributed by atoms with Crippen molar-refractivity contribution in [3.8, 4) is 0 Å². The summed E-state index contributed by atoms with van der Waals surface area (Å²) in [4.78, 5) is 12.4. The Hall–Kier alpha value is -1.44. The summed E-state index contributed by atoms with van der Waals surface area (Å²) in [7, 11) is -3.44. The fourth-order valence-corrected chi connectivity index (χ4v) is 5.25. The van der Waals surface area contributed by atoms with Crippen LogP contribution >= 0.6 is 0 Å². The molecule has 1 aromatic rings. The Labute approximate surface area is 156 Å². The normalized spacial score (nSPS) is 24.5. The lowest BCUT2D eigenvalue weighted by molar-refractivity contribution is -0.121. The molecule has 3 rings (SSSR count). The molecule has 0 bridgehead atoms. The third-order valence-corrected chi connectivity index (χ3v) is 7.07. The number of carbonyl (C=O) groups is 1. The number of ether oxygens (including phenoxy) is 1. The van der Waals surface area contributed by atoms with Crippen LogP contribution in [0.1, 0.15) is 38.5 Å². The van der Waals surface area contributed by atoms with E-state index in [0.717, 1.165) is 38.7 Å². The van der Waals surface area contributed by atoms with Gasteiger partial charge in [-0.2, -0.15) is 4.31 Å². The molecule has 7 heteroatoms. The third kappa shape index (κ3) is 5.05. The molecule has 0 unspecified atom stereocenters. The first-order chi connectivity index (χ1) is 12.6. The Bertz CT molecular complexity index is 687. The highest BCUT2D eigenvalue weighted by molar-refractivity contribution is 7.89. The lowest BCUT2D eigenvalue weighted by Crippen LogP contribution is -2.40. The zero-order chi connectivity index (χ0) is 18.4. The molecule has 6 nitrogen and oxygen atoms in total. The molecule has 1 amide bonds. The summed E-state index contributed by atoms with van der Waals surface area (Å²) in [6.45, 7) is 2.42. The number of sulfonamides is 1. The van der Waals surface area contributed by atoms with Gasteiger partial charge in [-0.05, 0) is 50.2 Å². The van der Waals surface area contributed by atoms with Crippen molar-refractivity contribution < 1.29 is 17.9 Å². The first-order valence-corrected chi connectivity index (χ1v) is 10.9. The van der Waals surface area contributed by atoms with Crippen molar-refractivity contribution in [3.05, 3.63) is 30.3 Å². The van der Waals surface area contributed by atoms with E-state index in [-0.39, 0.29) is 17.9 Å². The van der Waals surface area contributed by atoms with Gasteiger partial charge in [0.25, 0.3) is 0 Å². The van der Waals surface area contributed by atoms with Gasteiger partial charge in [-0.1, -0.05) is 18.2 Å². The van der Waals surface area contributed by atoms with Crippen molar-refractivity contribution in [2.75, 3.05) is 26.2 Å². The van der Waals surface area contributed by atoms with E-state index in [4.69, 9.17) is 4.74 Å². The molecular weight excluding hydrogens is 352 g/mol. The van der Waals surface area contributed by atoms with E-state index in [9.17, 15) is 13.2 Å². The molecule has 2 fully saturated rings. The summed E-state index contributed by atoms with van der Waals surface area (Å²) in [6, 6.07) is 8.57. The van der Waals surface area contributed by atoms with Crippen LogP contribution in [-0.4, -0.2) is 51.0 Å². The molecule has 0 radical (unpaired) electrons. The van der Waals surface area contributed by atoms with Crippen molar-refractivity contribution >= 4 is 15.9 Å². The highest BCUT2D eigenvalue weighted by atomic mass is 32.2. The van der Waals surface area contributed by atoms with Crippen molar-refractivity contribution in [3.63, 3.8) is 0 Å². The van der Waals surface area contributed by atoms with Crippen LogP contribution in [0.25, 0.3) is 0 Å². The maximum Gasteiger partial charge on any atom is 0.243 e. The fraction of sp³-hybridized carbons (Fsp3) is 0.632. The van der Waals surface area contributed by atoms with Gasteiger partial charge in [0.05, 0.1) is 11.0 Å². The molecule has 2 aliphatic heterocycles. The van der Waals surface area contributed by atoms with Crippen LogP contribution in [0.15, 0.2) is 35.2 Å². The highest BCUT2D eigenvalue weighted by Gasteiger charge is 2.30. The minimum Gasteiger partial charge on any atom is -0.376 e. The van der Waals surface area contributed by atoms with E-state index in [1.807, 2.05) is 6.07 Å². The predicted molar refractivity (Wildman–Crippen MR) is 99.1 cm³/mol. The Morgan fingerprint density at radius 2 is 2.00 bits per heavy atom. The largest absolute Gasteiger partial charge is 0.376 e. The van der Waals surface area contributed by atoms with Crippen molar-refractivity contribution in [1.82, 2.24) is 9.62 Å². The Balaban J connectivity index is 1.46. The van der Waals surface area contributed by atoms with Gasteiger partial charge in [-0.15, -0.1) is 0 Å². The quantitative estimate of drug-likeness (QED) is 0.787. The molecule has 0 aliphatic carbocycles. The Morgan fingerprint density at radius 1 is 1.19 bits per heavy atom. The monoisotopic (exact) mass is 380 g/mol. The number of benzene rings is 1. The second kappa shape index (κ2) is 8.97. The molecule has 0 spiro atoms. The number of piperidine rings is 1. The predicted octanol–water partition coefficient (Wildman–Crippen LogP) is 2.16. The summed E-state index contributed by atoms with van der Waals surface area (Å²) in [6.07, 6.45) is 5.20. The number of nitrogens with one attached hydrogen (secondary N) is 1. The summed E-state index contributed by atoms with van der Waals surface area (Å²) >= 11 is 0. The van der Waals surface area contributed by atoms with Crippen molar-refractivity contribution in [2.45, 2.75) is 49.5 Å². The van der Waals surface area contributed by atoms with Gasteiger partial charge in [0.2, 0.25) is 15.9 Å². The average molecular weight is 381 g/mol. The number of carbonyl (C=O) groups excluding carboxylic acids is 1. The SMILES string of the molecule is O=C(CC[C@H]1CCCN(S(=O)(=O)c2ccccc2)C1)NC[C@H]1CCCO1. The van der Waals surface area contributed by atoms with E-state index in [0.29, 0.717) is 31.0 Å². The number of nitrogens with zero attached hydrogens (tertiary/aromatic N) is 1. The van der Waals surface area contributed by atoms with Crippen LogP contribution in [0.4, 0.5) is 0 Å². The molecule has 26 heavy (non-hydrogen) atoms. The van der Waals surface area contributed by atoms with Crippen LogP contribution in [0.2, 0.25) is 0 Å². The Morgan fingerprint density at radius 3 is 2.73 bits per heavy atom. The zero-order valence-corrected chi connectivity index (χ0v) is 15.9. The highest BCUT2D eigenvalue weighted by Crippen LogP contribution is 2.26. The molecule has 0 saturated carbocycles. The van der Waals surface area contributed by atoms with Gasteiger partial charge < -0.3 is 10.1 Å². The first kappa shape index (κ1) is 19.3. The van der Waals surface area contributed by atoms with Crippen molar-refractivity contribution in [1.29, 1.82) is 0 Å². The Kier molecular flexibility index (Phi) is 6.67. The second-order valence-electron chi connectivity index (χ2n) is 7.16. The van der Waals surface area contributed by atoms with E-state index in [2.05, 4.69) is 5.32 Å². The van der Waals surface area contributed by atoms with E-state index in [1.54, 1.807) is 28.6 Å². The molecule has 2 aliphatic rings. The number of rotatable bonds is 7. The number of amides is 1. The molecule has 2 saturated heterocycles. The maximum atomic E-state index is 12.8. The van der Waals surface area contributed by atoms with E-state index >= 15 is 0 Å². The summed E-state index contributed by atoms with van der Waals surface area (Å²) in [5.74, 6) is 0.263. The number of hydrogen-bond acceptors (Lipinski definition) is 4. The molecule has 0 aromatic heterocycles. The molecule has 2 heterocycles. The first-order valence-electron chi connectivity index (χ1n) is 9.49. The van der Waals surface area contributed by atoms with Gasteiger partial charge in [-0.25, -0.2) is 8.42 Å². The van der Waals surface area contributed by atoms with E-state index in [1.165, 1.54) is 0 Å². The molecule has 1 N–H and O–H groups in total. The van der Waals surface area contributed by atoms with Crippen LogP contribution in [-0.2, 0) is 19.6 Å². The van der Waals surface area contributed by atoms with Gasteiger partial charge in [0, 0.05) is 32.7 Å². The molecule has 2 atom stereocenters. The van der Waals surface area contributed by atoms with Crippen LogP contribution < -0.4 is 5.32 Å². The smallest absolute Gasteiger partial charge is 0.243 e. The van der Waals surface area contributed by atoms with Gasteiger partial charge in [0.1, 0.15) is 0 Å². The minimum absolute atomic E-state index is 0.0311. The molecular formula is C19H28N2O4S. The number of hydrogen-bond donors (Lipinski definition) is 1. The van der Waals surface area contributed by atoms with Gasteiger partial charge in [0.15, 0.2) is 0 Å². The fourth-order valence-electron chi connectivity index (χ4n) is 3.68. The lowest BCUT2D eigenvalue weighted by atomic mass is 9.94. The molecule has 1 aromatic carbocycles.